The Morgan fingerprint density at radius 2 is 1.39 bits per heavy atom. The van der Waals surface area contributed by atoms with Crippen molar-refractivity contribution >= 4 is 11.6 Å². The van der Waals surface area contributed by atoms with E-state index in [-0.39, 0.29) is 28.0 Å². The number of aliphatic hydroxyl groups excluding tert-OH is 7. The van der Waals surface area contributed by atoms with Crippen molar-refractivity contribution in [3.05, 3.63) is 58.1 Å². The minimum absolute atomic E-state index is 0.00326. The highest BCUT2D eigenvalue weighted by Crippen LogP contribution is 2.39. The molecule has 0 saturated carbocycles. The van der Waals surface area contributed by atoms with Gasteiger partial charge in [0.05, 0.1) is 24.3 Å². The molecular formula is C27H30O14. The van der Waals surface area contributed by atoms with Crippen molar-refractivity contribution in [2.24, 2.45) is 0 Å². The summed E-state index contributed by atoms with van der Waals surface area (Å²) >= 11 is 0. The first-order valence-corrected chi connectivity index (χ1v) is 12.8. The van der Waals surface area contributed by atoms with Crippen molar-refractivity contribution < 1.29 is 69.4 Å². The molecule has 2 fully saturated rings. The van der Waals surface area contributed by atoms with Gasteiger partial charge in [-0.1, -0.05) is 12.1 Å². The summed E-state index contributed by atoms with van der Waals surface area (Å²) in [6.07, 6.45) is -16.4. The Labute approximate surface area is 232 Å². The molecule has 0 amide bonds. The summed E-state index contributed by atoms with van der Waals surface area (Å²) in [6, 6.07) is 6.98. The number of phenols is 1. The Bertz CT molecular complexity index is 1330. The highest BCUT2D eigenvalue weighted by atomic mass is 16.7. The average Bonchev–Trinajstić information content (AvgIpc) is 2.94. The van der Waals surface area contributed by atoms with Crippen LogP contribution in [-0.2, 0) is 14.2 Å². The zero-order chi connectivity index (χ0) is 29.7. The third kappa shape index (κ3) is 5.12. The number of phenolic OH excluding ortho intramolecular Hbond substituents is 1. The van der Waals surface area contributed by atoms with Crippen LogP contribution in [0.1, 0.15) is 37.4 Å². The molecule has 2 aromatic carbocycles. The van der Waals surface area contributed by atoms with E-state index in [1.165, 1.54) is 30.3 Å². The molecule has 222 valence electrons. The zero-order valence-electron chi connectivity index (χ0n) is 21.6. The molecule has 0 spiro atoms. The van der Waals surface area contributed by atoms with Gasteiger partial charge in [0.2, 0.25) is 12.1 Å². The predicted molar refractivity (Wildman–Crippen MR) is 133 cm³/mol. The van der Waals surface area contributed by atoms with E-state index in [4.69, 9.17) is 18.9 Å². The van der Waals surface area contributed by atoms with E-state index < -0.39 is 91.9 Å². The van der Waals surface area contributed by atoms with Gasteiger partial charge in [0.25, 0.3) is 0 Å². The van der Waals surface area contributed by atoms with Crippen LogP contribution in [0.25, 0.3) is 0 Å². The fraction of sp³-hybridized carbons (Fsp3) is 0.481. The molecule has 0 aromatic heterocycles. The fourth-order valence-corrected chi connectivity index (χ4v) is 5.17. The van der Waals surface area contributed by atoms with Crippen molar-refractivity contribution in [1.29, 1.82) is 0 Å². The van der Waals surface area contributed by atoms with Crippen molar-refractivity contribution in [2.45, 2.75) is 68.3 Å². The van der Waals surface area contributed by atoms with Gasteiger partial charge in [0.15, 0.2) is 12.1 Å². The summed E-state index contributed by atoms with van der Waals surface area (Å²) in [4.78, 5) is 26.6. The number of ether oxygens (including phenoxy) is 4. The molecule has 3 aliphatic rings. The van der Waals surface area contributed by atoms with Crippen LogP contribution < -0.4 is 4.74 Å². The molecule has 14 nitrogen and oxygen atoms in total. The monoisotopic (exact) mass is 578 g/mol. The number of rotatable bonds is 6. The van der Waals surface area contributed by atoms with Crippen molar-refractivity contribution in [3.8, 4) is 11.5 Å². The first-order valence-electron chi connectivity index (χ1n) is 12.8. The van der Waals surface area contributed by atoms with Crippen LogP contribution in [0.4, 0.5) is 0 Å². The summed E-state index contributed by atoms with van der Waals surface area (Å²) in [6.45, 7) is 0.354. The summed E-state index contributed by atoms with van der Waals surface area (Å²) in [7, 11) is 0. The third-order valence-electron chi connectivity index (χ3n) is 7.42. The van der Waals surface area contributed by atoms with E-state index in [1.807, 2.05) is 0 Å². The number of ketones is 2. The van der Waals surface area contributed by atoms with Crippen LogP contribution in [0.5, 0.6) is 11.5 Å². The van der Waals surface area contributed by atoms with Gasteiger partial charge in [-0.3, -0.25) is 9.59 Å². The number of aryl methyl sites for hydroxylation is 1. The van der Waals surface area contributed by atoms with Crippen molar-refractivity contribution in [3.63, 3.8) is 0 Å². The molecular weight excluding hydrogens is 548 g/mol. The molecule has 2 saturated heterocycles. The number of carbonyl (C=O) groups excluding carboxylic acids is 2. The van der Waals surface area contributed by atoms with E-state index in [9.17, 15) is 50.4 Å². The smallest absolute Gasteiger partial charge is 0.229 e. The summed E-state index contributed by atoms with van der Waals surface area (Å²) in [5, 5.41) is 81.4. The number of hydrogen-bond acceptors (Lipinski definition) is 14. The molecule has 14 heteroatoms. The van der Waals surface area contributed by atoms with Gasteiger partial charge in [-0.05, 0) is 30.7 Å². The maximum atomic E-state index is 13.4. The largest absolute Gasteiger partial charge is 0.507 e. The van der Waals surface area contributed by atoms with E-state index in [0.29, 0.717) is 5.56 Å². The van der Waals surface area contributed by atoms with Gasteiger partial charge >= 0.3 is 0 Å². The second kappa shape index (κ2) is 11.3. The van der Waals surface area contributed by atoms with Gasteiger partial charge in [-0.2, -0.15) is 0 Å². The normalized spacial score (nSPS) is 35.1. The maximum absolute atomic E-state index is 13.4. The molecule has 2 aromatic rings. The lowest BCUT2D eigenvalue weighted by Gasteiger charge is -2.42. The van der Waals surface area contributed by atoms with Crippen molar-refractivity contribution in [2.75, 3.05) is 13.2 Å². The molecule has 0 radical (unpaired) electrons. The minimum atomic E-state index is -1.83. The maximum Gasteiger partial charge on any atom is 0.229 e. The van der Waals surface area contributed by atoms with E-state index >= 15 is 0 Å². The summed E-state index contributed by atoms with van der Waals surface area (Å²) in [5.41, 5.74) is 0.107. The molecule has 5 rings (SSSR count). The van der Waals surface area contributed by atoms with Gasteiger partial charge in [-0.25, -0.2) is 0 Å². The number of aliphatic hydroxyl groups is 7. The summed E-state index contributed by atoms with van der Waals surface area (Å²) < 4.78 is 22.1. The Hall–Kier alpha value is -3.02. The molecule has 8 N–H and O–H groups in total. The van der Waals surface area contributed by atoms with Crippen LogP contribution in [0, 0.1) is 6.92 Å². The molecule has 1 aliphatic carbocycles. The Kier molecular flexibility index (Phi) is 8.15. The lowest BCUT2D eigenvalue weighted by atomic mass is 9.82. The lowest BCUT2D eigenvalue weighted by molar-refractivity contribution is -0.323. The lowest BCUT2D eigenvalue weighted by Crippen LogP contribution is -2.62. The number of carbonyl (C=O) groups is 2. The predicted octanol–water partition coefficient (Wildman–Crippen LogP) is -2.52. The van der Waals surface area contributed by atoms with Gasteiger partial charge in [-0.15, -0.1) is 0 Å². The van der Waals surface area contributed by atoms with Crippen LogP contribution >= 0.6 is 0 Å². The molecule has 10 atom stereocenters. The van der Waals surface area contributed by atoms with E-state index in [2.05, 4.69) is 0 Å². The Morgan fingerprint density at radius 1 is 0.756 bits per heavy atom. The number of benzene rings is 2. The SMILES string of the molecule is Cc1cc(O[C@@H]2O[C@H](CO[C@@H]3O[C@H](CO)[C@@H](O)[C@H](O)[C@H]3O)[C@@H](O)[C@H](O)[C@H]2O)c2c(c1)C(=O)c1cccc(O)c1C2=O. The molecule has 0 bridgehead atoms. The van der Waals surface area contributed by atoms with E-state index in [1.54, 1.807) is 6.92 Å². The number of hydrogen-bond donors (Lipinski definition) is 8. The molecule has 0 unspecified atom stereocenters. The fourth-order valence-electron chi connectivity index (χ4n) is 5.17. The molecule has 41 heavy (non-hydrogen) atoms. The van der Waals surface area contributed by atoms with Gasteiger partial charge in [0, 0.05) is 11.1 Å². The van der Waals surface area contributed by atoms with Crippen LogP contribution in [0.3, 0.4) is 0 Å². The topological polar surface area (TPSA) is 233 Å². The van der Waals surface area contributed by atoms with Gasteiger partial charge in [0.1, 0.15) is 60.3 Å². The summed E-state index contributed by atoms with van der Waals surface area (Å²) in [5.74, 6) is -1.84. The zero-order valence-corrected chi connectivity index (χ0v) is 21.6. The second-order valence-electron chi connectivity index (χ2n) is 10.2. The molecule has 2 heterocycles. The molecule has 2 aliphatic heterocycles. The first kappa shape index (κ1) is 29.5. The Morgan fingerprint density at radius 3 is 2.07 bits per heavy atom. The van der Waals surface area contributed by atoms with Crippen molar-refractivity contribution in [1.82, 2.24) is 0 Å². The minimum Gasteiger partial charge on any atom is -0.507 e. The van der Waals surface area contributed by atoms with Crippen LogP contribution in [0.2, 0.25) is 0 Å². The van der Waals surface area contributed by atoms with E-state index in [0.717, 1.165) is 0 Å². The Balaban J connectivity index is 1.38. The number of fused-ring (bicyclic) bond motifs is 2. The highest BCUT2D eigenvalue weighted by Gasteiger charge is 2.48. The standard InChI is InChI=1S/C27H30O14/c1-9-5-11-17(21(33)16-10(18(11)30)3-2-4-12(16)29)13(6-9)39-27-25(37)23(35)20(32)15(41-27)8-38-26-24(36)22(34)19(31)14(7-28)40-26/h2-6,14-15,19-20,22-29,31-32,34-37H,7-8H2,1H3/t14-,15-,19-,20-,22+,23+,24-,25-,26-,27-/m1/s1. The van der Waals surface area contributed by atoms with Crippen LogP contribution in [-0.4, -0.2) is 127 Å². The van der Waals surface area contributed by atoms with Gasteiger partial charge < -0.3 is 59.8 Å². The highest BCUT2D eigenvalue weighted by molar-refractivity contribution is 6.30. The quantitative estimate of drug-likeness (QED) is 0.151. The van der Waals surface area contributed by atoms with Crippen LogP contribution in [0.15, 0.2) is 30.3 Å². The third-order valence-corrected chi connectivity index (χ3v) is 7.42. The first-order chi connectivity index (χ1) is 19.4. The number of aromatic hydroxyl groups is 1. The second-order valence-corrected chi connectivity index (χ2v) is 10.2. The average molecular weight is 579 g/mol.